The van der Waals surface area contributed by atoms with Crippen molar-refractivity contribution in [1.82, 2.24) is 10.6 Å². The molecule has 0 aliphatic heterocycles. The quantitative estimate of drug-likeness (QED) is 0.873. The minimum Gasteiger partial charge on any atom is -0.484 e. The molecule has 22 heavy (non-hydrogen) atoms. The Morgan fingerprint density at radius 1 is 1.32 bits per heavy atom. The van der Waals surface area contributed by atoms with Crippen molar-refractivity contribution in [2.75, 3.05) is 6.61 Å². The molecule has 0 saturated carbocycles. The summed E-state index contributed by atoms with van der Waals surface area (Å²) in [5, 5.41) is 6.04. The van der Waals surface area contributed by atoms with Crippen molar-refractivity contribution < 1.29 is 14.3 Å². The highest BCUT2D eigenvalue weighted by molar-refractivity contribution is 6.31. The van der Waals surface area contributed by atoms with E-state index in [2.05, 4.69) is 10.6 Å². The molecule has 0 heterocycles. The van der Waals surface area contributed by atoms with Crippen LogP contribution < -0.4 is 15.4 Å². The highest BCUT2D eigenvalue weighted by Crippen LogP contribution is 2.20. The van der Waals surface area contributed by atoms with Crippen LogP contribution in [0.1, 0.15) is 33.3 Å². The van der Waals surface area contributed by atoms with Crippen LogP contribution in [-0.2, 0) is 9.59 Å². The van der Waals surface area contributed by atoms with E-state index in [1.165, 1.54) is 0 Å². The fourth-order valence-corrected chi connectivity index (χ4v) is 1.80. The molecule has 6 heteroatoms. The molecule has 0 bridgehead atoms. The zero-order valence-electron chi connectivity index (χ0n) is 13.6. The van der Waals surface area contributed by atoms with Gasteiger partial charge in [0.05, 0.1) is 0 Å². The number of halogens is 1. The molecule has 1 aromatic rings. The van der Waals surface area contributed by atoms with E-state index < -0.39 is 6.04 Å². The number of ether oxygens (including phenoxy) is 1. The van der Waals surface area contributed by atoms with Gasteiger partial charge >= 0.3 is 0 Å². The SMILES string of the molecule is Cc1cc(OCC(=O)NC(C)C(=O)NC(C)(C)C)ccc1Cl. The van der Waals surface area contributed by atoms with Gasteiger partial charge in [0.1, 0.15) is 11.8 Å². The summed E-state index contributed by atoms with van der Waals surface area (Å²) in [4.78, 5) is 23.7. The van der Waals surface area contributed by atoms with Crippen LogP contribution in [0.2, 0.25) is 5.02 Å². The largest absolute Gasteiger partial charge is 0.484 e. The minimum absolute atomic E-state index is 0.159. The summed E-state index contributed by atoms with van der Waals surface area (Å²) in [6, 6.07) is 4.54. The van der Waals surface area contributed by atoms with Crippen molar-refractivity contribution in [2.45, 2.75) is 46.2 Å². The van der Waals surface area contributed by atoms with E-state index in [1.807, 2.05) is 27.7 Å². The van der Waals surface area contributed by atoms with Gasteiger partial charge in [-0.1, -0.05) is 11.6 Å². The first kappa shape index (κ1) is 18.3. The predicted octanol–water partition coefficient (Wildman–Crippen LogP) is 2.45. The van der Waals surface area contributed by atoms with Gasteiger partial charge < -0.3 is 15.4 Å². The number of amides is 2. The lowest BCUT2D eigenvalue weighted by atomic mass is 10.1. The topological polar surface area (TPSA) is 67.4 Å². The van der Waals surface area contributed by atoms with E-state index in [4.69, 9.17) is 16.3 Å². The highest BCUT2D eigenvalue weighted by Gasteiger charge is 2.20. The monoisotopic (exact) mass is 326 g/mol. The van der Waals surface area contributed by atoms with Crippen LogP contribution >= 0.6 is 11.6 Å². The van der Waals surface area contributed by atoms with Crippen LogP contribution in [0.4, 0.5) is 0 Å². The van der Waals surface area contributed by atoms with E-state index >= 15 is 0 Å². The van der Waals surface area contributed by atoms with Crippen molar-refractivity contribution in [1.29, 1.82) is 0 Å². The van der Waals surface area contributed by atoms with E-state index in [0.717, 1.165) is 5.56 Å². The zero-order valence-corrected chi connectivity index (χ0v) is 14.4. The Bertz CT molecular complexity index is 553. The van der Waals surface area contributed by atoms with E-state index in [-0.39, 0.29) is 24.0 Å². The Morgan fingerprint density at radius 3 is 2.50 bits per heavy atom. The molecule has 1 unspecified atom stereocenters. The number of nitrogens with one attached hydrogen (secondary N) is 2. The van der Waals surface area contributed by atoms with Gasteiger partial charge in [0, 0.05) is 10.6 Å². The zero-order chi connectivity index (χ0) is 16.9. The Kier molecular flexibility index (Phi) is 6.23. The van der Waals surface area contributed by atoms with Crippen LogP contribution in [0.3, 0.4) is 0 Å². The summed E-state index contributed by atoms with van der Waals surface area (Å²) in [6.07, 6.45) is 0. The van der Waals surface area contributed by atoms with Crippen LogP contribution in [-0.4, -0.2) is 30.0 Å². The molecule has 1 atom stereocenters. The van der Waals surface area contributed by atoms with Crippen LogP contribution in [0.5, 0.6) is 5.75 Å². The molecule has 1 aromatic carbocycles. The second-order valence-electron chi connectivity index (χ2n) is 6.23. The number of hydrogen-bond acceptors (Lipinski definition) is 3. The van der Waals surface area contributed by atoms with Gasteiger partial charge in [0.25, 0.3) is 5.91 Å². The lowest BCUT2D eigenvalue weighted by Gasteiger charge is -2.23. The molecule has 0 aliphatic carbocycles. The third kappa shape index (κ3) is 6.35. The van der Waals surface area contributed by atoms with Gasteiger partial charge in [-0.2, -0.15) is 0 Å². The number of carbonyl (C=O) groups excluding carboxylic acids is 2. The Labute approximate surface area is 136 Å². The fraction of sp³-hybridized carbons (Fsp3) is 0.500. The number of hydrogen-bond donors (Lipinski definition) is 2. The van der Waals surface area contributed by atoms with Gasteiger partial charge in [-0.25, -0.2) is 0 Å². The van der Waals surface area contributed by atoms with Crippen LogP contribution in [0.25, 0.3) is 0 Å². The second-order valence-corrected chi connectivity index (χ2v) is 6.64. The third-order valence-corrected chi connectivity index (χ3v) is 3.19. The van der Waals surface area contributed by atoms with Crippen LogP contribution in [0.15, 0.2) is 18.2 Å². The maximum atomic E-state index is 11.9. The van der Waals surface area contributed by atoms with Gasteiger partial charge in [0.2, 0.25) is 5.91 Å². The van der Waals surface area contributed by atoms with E-state index in [9.17, 15) is 9.59 Å². The fourth-order valence-electron chi connectivity index (χ4n) is 1.68. The van der Waals surface area contributed by atoms with Crippen LogP contribution in [0, 0.1) is 6.92 Å². The Hall–Kier alpha value is -1.75. The first-order valence-corrected chi connectivity index (χ1v) is 7.46. The van der Waals surface area contributed by atoms with E-state index in [1.54, 1.807) is 25.1 Å². The molecule has 2 N–H and O–H groups in total. The molecular weight excluding hydrogens is 304 g/mol. The summed E-state index contributed by atoms with van der Waals surface area (Å²) in [5.74, 6) is -0.0313. The normalized spacial score (nSPS) is 12.5. The Morgan fingerprint density at radius 2 is 1.95 bits per heavy atom. The first-order chi connectivity index (χ1) is 10.1. The first-order valence-electron chi connectivity index (χ1n) is 7.09. The van der Waals surface area contributed by atoms with E-state index in [0.29, 0.717) is 10.8 Å². The summed E-state index contributed by atoms with van der Waals surface area (Å²) >= 11 is 5.92. The van der Waals surface area contributed by atoms with Crippen molar-refractivity contribution in [3.8, 4) is 5.75 Å². The lowest BCUT2D eigenvalue weighted by Crippen LogP contribution is -2.51. The smallest absolute Gasteiger partial charge is 0.258 e. The van der Waals surface area contributed by atoms with Crippen molar-refractivity contribution in [3.05, 3.63) is 28.8 Å². The molecule has 0 radical (unpaired) electrons. The average Bonchev–Trinajstić information content (AvgIpc) is 2.38. The second kappa shape index (κ2) is 7.49. The molecule has 0 fully saturated rings. The molecule has 0 saturated heterocycles. The molecule has 122 valence electrons. The molecule has 2 amide bonds. The number of benzene rings is 1. The molecule has 5 nitrogen and oxygen atoms in total. The minimum atomic E-state index is -0.623. The summed E-state index contributed by atoms with van der Waals surface area (Å²) in [5.41, 5.74) is 0.533. The summed E-state index contributed by atoms with van der Waals surface area (Å²) < 4.78 is 5.38. The molecule has 0 aromatic heterocycles. The number of aryl methyl sites for hydroxylation is 1. The number of rotatable bonds is 5. The molecule has 0 aliphatic rings. The predicted molar refractivity (Wildman–Crippen MR) is 87.2 cm³/mol. The summed E-state index contributed by atoms with van der Waals surface area (Å²) in [6.45, 7) is 8.97. The maximum absolute atomic E-state index is 11.9. The lowest BCUT2D eigenvalue weighted by molar-refractivity contribution is -0.130. The van der Waals surface area contributed by atoms with Crippen molar-refractivity contribution in [3.63, 3.8) is 0 Å². The van der Waals surface area contributed by atoms with Gasteiger partial charge in [0.15, 0.2) is 6.61 Å². The molecule has 0 spiro atoms. The van der Waals surface area contributed by atoms with Crippen molar-refractivity contribution >= 4 is 23.4 Å². The van der Waals surface area contributed by atoms with Gasteiger partial charge in [-0.3, -0.25) is 9.59 Å². The average molecular weight is 327 g/mol. The molecule has 1 rings (SSSR count). The maximum Gasteiger partial charge on any atom is 0.258 e. The van der Waals surface area contributed by atoms with Crippen molar-refractivity contribution in [2.24, 2.45) is 0 Å². The highest BCUT2D eigenvalue weighted by atomic mass is 35.5. The molecular formula is C16H23ClN2O3. The van der Waals surface area contributed by atoms with Gasteiger partial charge in [-0.15, -0.1) is 0 Å². The summed E-state index contributed by atoms with van der Waals surface area (Å²) in [7, 11) is 0. The Balaban J connectivity index is 2.45. The van der Waals surface area contributed by atoms with Gasteiger partial charge in [-0.05, 0) is 58.4 Å². The third-order valence-electron chi connectivity index (χ3n) is 2.77. The standard InChI is InChI=1S/C16H23ClN2O3/c1-10-8-12(6-7-13(10)17)22-9-14(20)18-11(2)15(21)19-16(3,4)5/h6-8,11H,9H2,1-5H3,(H,18,20)(H,19,21). The number of carbonyl (C=O) groups is 2.